The number of methoxy groups -OCH3 is 1. The predicted molar refractivity (Wildman–Crippen MR) is 81.2 cm³/mol. The highest BCUT2D eigenvalue weighted by atomic mass is 79.9. The first-order valence-corrected chi connectivity index (χ1v) is 7.22. The van der Waals surface area contributed by atoms with E-state index in [1.165, 1.54) is 11.1 Å². The lowest BCUT2D eigenvalue weighted by atomic mass is 9.83. The van der Waals surface area contributed by atoms with E-state index < -0.39 is 0 Å². The second-order valence-corrected chi connectivity index (χ2v) is 6.47. The fourth-order valence-electron chi connectivity index (χ4n) is 2.07. The zero-order valence-corrected chi connectivity index (χ0v) is 13.4. The lowest BCUT2D eigenvalue weighted by molar-refractivity contribution is 0.311. The van der Waals surface area contributed by atoms with Crippen LogP contribution in [0.25, 0.3) is 0 Å². The molecule has 0 spiro atoms. The van der Waals surface area contributed by atoms with E-state index in [9.17, 15) is 0 Å². The van der Waals surface area contributed by atoms with Crippen LogP contribution >= 0.6 is 15.9 Å². The van der Waals surface area contributed by atoms with Crippen LogP contribution in [0.15, 0.2) is 16.6 Å². The first-order chi connectivity index (χ1) is 8.39. The molecule has 0 saturated carbocycles. The third-order valence-electron chi connectivity index (χ3n) is 3.45. The molecule has 2 N–H and O–H groups in total. The molecule has 0 unspecified atom stereocenters. The number of halogens is 1. The van der Waals surface area contributed by atoms with Gasteiger partial charge in [-0.05, 0) is 61.4 Å². The van der Waals surface area contributed by atoms with Gasteiger partial charge in [-0.2, -0.15) is 0 Å². The molecule has 0 amide bonds. The van der Waals surface area contributed by atoms with E-state index in [1.54, 1.807) is 7.11 Å². The van der Waals surface area contributed by atoms with Gasteiger partial charge in [0.15, 0.2) is 0 Å². The van der Waals surface area contributed by atoms with Crippen molar-refractivity contribution in [1.29, 1.82) is 0 Å². The van der Waals surface area contributed by atoms with E-state index in [4.69, 9.17) is 10.5 Å². The maximum atomic E-state index is 5.65. The van der Waals surface area contributed by atoms with Crippen LogP contribution in [0.3, 0.4) is 0 Å². The van der Waals surface area contributed by atoms with E-state index in [2.05, 4.69) is 48.8 Å². The van der Waals surface area contributed by atoms with Crippen LogP contribution in [-0.2, 0) is 6.42 Å². The van der Waals surface area contributed by atoms with Crippen LogP contribution in [0.1, 0.15) is 37.8 Å². The van der Waals surface area contributed by atoms with Gasteiger partial charge in [-0.3, -0.25) is 0 Å². The summed E-state index contributed by atoms with van der Waals surface area (Å²) in [6.45, 7) is 7.38. The van der Waals surface area contributed by atoms with Crippen LogP contribution in [-0.4, -0.2) is 13.7 Å². The van der Waals surface area contributed by atoms with E-state index in [0.29, 0.717) is 0 Å². The standard InChI is InChI=1S/C15H24BrNO/c1-11-9-14(18-4)12(10-13(11)16)5-6-15(2,3)7-8-17/h9-10H,5-8,17H2,1-4H3. The van der Waals surface area contributed by atoms with Crippen LogP contribution < -0.4 is 10.5 Å². The fourth-order valence-corrected chi connectivity index (χ4v) is 2.46. The van der Waals surface area contributed by atoms with Gasteiger partial charge < -0.3 is 10.5 Å². The second-order valence-electron chi connectivity index (χ2n) is 5.62. The molecule has 0 heterocycles. The SMILES string of the molecule is COc1cc(C)c(Br)cc1CCC(C)(C)CCN. The first-order valence-electron chi connectivity index (χ1n) is 6.42. The van der Waals surface area contributed by atoms with Crippen molar-refractivity contribution in [3.05, 3.63) is 27.7 Å². The molecule has 0 aliphatic rings. The van der Waals surface area contributed by atoms with E-state index in [-0.39, 0.29) is 5.41 Å². The highest BCUT2D eigenvalue weighted by Gasteiger charge is 2.18. The van der Waals surface area contributed by atoms with Gasteiger partial charge in [-0.25, -0.2) is 0 Å². The Labute approximate surface area is 119 Å². The third-order valence-corrected chi connectivity index (χ3v) is 4.31. The molecular weight excluding hydrogens is 290 g/mol. The minimum absolute atomic E-state index is 0.289. The van der Waals surface area contributed by atoms with Crippen molar-refractivity contribution < 1.29 is 4.74 Å². The van der Waals surface area contributed by atoms with Gasteiger partial charge in [-0.15, -0.1) is 0 Å². The molecule has 2 nitrogen and oxygen atoms in total. The molecule has 102 valence electrons. The Morgan fingerprint density at radius 3 is 2.50 bits per heavy atom. The summed E-state index contributed by atoms with van der Waals surface area (Å²) >= 11 is 3.59. The Morgan fingerprint density at radius 2 is 1.94 bits per heavy atom. The summed E-state index contributed by atoms with van der Waals surface area (Å²) in [4.78, 5) is 0. The Balaban J connectivity index is 2.81. The molecule has 18 heavy (non-hydrogen) atoms. The number of hydrogen-bond acceptors (Lipinski definition) is 2. The number of nitrogens with two attached hydrogens (primary N) is 1. The average molecular weight is 314 g/mol. The van der Waals surface area contributed by atoms with Crippen LogP contribution in [0, 0.1) is 12.3 Å². The molecule has 1 aromatic rings. The quantitative estimate of drug-likeness (QED) is 0.859. The zero-order valence-electron chi connectivity index (χ0n) is 11.8. The van der Waals surface area contributed by atoms with Gasteiger partial charge in [0.1, 0.15) is 5.75 Å². The van der Waals surface area contributed by atoms with Gasteiger partial charge in [0, 0.05) is 4.47 Å². The molecule has 0 aromatic heterocycles. The smallest absolute Gasteiger partial charge is 0.122 e. The minimum atomic E-state index is 0.289. The van der Waals surface area contributed by atoms with Crippen molar-refractivity contribution in [2.45, 2.75) is 40.0 Å². The molecule has 0 aliphatic heterocycles. The Bertz CT molecular complexity index is 402. The lowest BCUT2D eigenvalue weighted by Crippen LogP contribution is -2.18. The van der Waals surface area contributed by atoms with Gasteiger partial charge >= 0.3 is 0 Å². The molecule has 1 rings (SSSR count). The monoisotopic (exact) mass is 313 g/mol. The molecule has 1 aromatic carbocycles. The Morgan fingerprint density at radius 1 is 1.28 bits per heavy atom. The summed E-state index contributed by atoms with van der Waals surface area (Å²) in [6.07, 6.45) is 3.20. The summed E-state index contributed by atoms with van der Waals surface area (Å²) in [5.41, 5.74) is 8.41. The molecule has 0 aliphatic carbocycles. The summed E-state index contributed by atoms with van der Waals surface area (Å²) < 4.78 is 6.61. The number of aryl methyl sites for hydroxylation is 2. The molecule has 0 saturated heterocycles. The molecule has 0 atom stereocenters. The molecular formula is C15H24BrNO. The largest absolute Gasteiger partial charge is 0.496 e. The first kappa shape index (κ1) is 15.5. The average Bonchev–Trinajstić information content (AvgIpc) is 2.30. The van der Waals surface area contributed by atoms with Crippen molar-refractivity contribution in [3.63, 3.8) is 0 Å². The Hall–Kier alpha value is -0.540. The van der Waals surface area contributed by atoms with Gasteiger partial charge in [0.05, 0.1) is 7.11 Å². The van der Waals surface area contributed by atoms with Crippen LogP contribution in [0.5, 0.6) is 5.75 Å². The van der Waals surface area contributed by atoms with Crippen molar-refractivity contribution in [1.82, 2.24) is 0 Å². The normalized spacial score (nSPS) is 11.7. The zero-order chi connectivity index (χ0) is 13.8. The van der Waals surface area contributed by atoms with Crippen molar-refractivity contribution >= 4 is 15.9 Å². The van der Waals surface area contributed by atoms with Gasteiger partial charge in [0.25, 0.3) is 0 Å². The number of hydrogen-bond donors (Lipinski definition) is 1. The fraction of sp³-hybridized carbons (Fsp3) is 0.600. The summed E-state index contributed by atoms with van der Waals surface area (Å²) in [6, 6.07) is 4.27. The highest BCUT2D eigenvalue weighted by Crippen LogP contribution is 2.32. The van der Waals surface area contributed by atoms with Gasteiger partial charge in [0.2, 0.25) is 0 Å². The summed E-state index contributed by atoms with van der Waals surface area (Å²) in [5.74, 6) is 0.985. The van der Waals surface area contributed by atoms with Crippen molar-refractivity contribution in [3.8, 4) is 5.75 Å². The van der Waals surface area contributed by atoms with Gasteiger partial charge in [-0.1, -0.05) is 29.8 Å². The highest BCUT2D eigenvalue weighted by molar-refractivity contribution is 9.10. The number of benzene rings is 1. The van der Waals surface area contributed by atoms with E-state index >= 15 is 0 Å². The third kappa shape index (κ3) is 4.29. The van der Waals surface area contributed by atoms with E-state index in [0.717, 1.165) is 36.0 Å². The van der Waals surface area contributed by atoms with Crippen molar-refractivity contribution in [2.75, 3.05) is 13.7 Å². The number of ether oxygens (including phenoxy) is 1. The van der Waals surface area contributed by atoms with Crippen LogP contribution in [0.4, 0.5) is 0 Å². The maximum absolute atomic E-state index is 5.65. The summed E-state index contributed by atoms with van der Waals surface area (Å²) in [7, 11) is 1.73. The van der Waals surface area contributed by atoms with Crippen molar-refractivity contribution in [2.24, 2.45) is 11.1 Å². The van der Waals surface area contributed by atoms with Crippen LogP contribution in [0.2, 0.25) is 0 Å². The number of rotatable bonds is 6. The Kier molecular flexibility index (Phi) is 5.67. The predicted octanol–water partition coefficient (Wildman–Crippen LogP) is 4.07. The second kappa shape index (κ2) is 6.58. The minimum Gasteiger partial charge on any atom is -0.496 e. The lowest BCUT2D eigenvalue weighted by Gasteiger charge is -2.24. The maximum Gasteiger partial charge on any atom is 0.122 e. The topological polar surface area (TPSA) is 35.2 Å². The molecule has 0 fully saturated rings. The molecule has 3 heteroatoms. The summed E-state index contributed by atoms with van der Waals surface area (Å²) in [5, 5.41) is 0. The molecule has 0 bridgehead atoms. The van der Waals surface area contributed by atoms with E-state index in [1.807, 2.05) is 0 Å². The molecule has 0 radical (unpaired) electrons.